The molecule has 7 heteroatoms. The first-order chi connectivity index (χ1) is 7.11. The van der Waals surface area contributed by atoms with Crippen LogP contribution < -0.4 is 5.73 Å². The minimum atomic E-state index is -0.938. The van der Waals surface area contributed by atoms with Gasteiger partial charge in [0.2, 0.25) is 12.2 Å². The zero-order valence-electron chi connectivity index (χ0n) is 8.55. The van der Waals surface area contributed by atoms with Crippen molar-refractivity contribution in [1.29, 1.82) is 0 Å². The Hall–Kier alpha value is -0.950. The number of rotatable bonds is 6. The van der Waals surface area contributed by atoms with Gasteiger partial charge in [-0.15, -0.1) is 0 Å². The first-order valence-electron chi connectivity index (χ1n) is 4.75. The Morgan fingerprint density at radius 3 is 3.00 bits per heavy atom. The zero-order chi connectivity index (χ0) is 11.3. The molecule has 0 amide bonds. The number of nitrogens with zero attached hydrogens (tertiary/aromatic N) is 2. The quantitative estimate of drug-likeness (QED) is 0.401. The van der Waals surface area contributed by atoms with Crippen molar-refractivity contribution in [2.45, 2.75) is 32.2 Å². The number of hydrogen-bond acceptors (Lipinski definition) is 6. The standard InChI is InChI=1S/C8H15N3O3S/c1-6-10-14-15-11(6)5-3-2-4-7(9)8(12)13/h7H,2-5,9H2,1H3,(H,12,13)/t7-/m0/s1. The normalized spacial score (nSPS) is 17.2. The van der Waals surface area contributed by atoms with Gasteiger partial charge in [0, 0.05) is 6.54 Å². The molecule has 0 unspecified atom stereocenters. The summed E-state index contributed by atoms with van der Waals surface area (Å²) in [6.07, 6.45) is 2.17. The monoisotopic (exact) mass is 233 g/mol. The van der Waals surface area contributed by atoms with E-state index in [0.29, 0.717) is 6.42 Å². The summed E-state index contributed by atoms with van der Waals surface area (Å²) < 4.78 is 6.72. The molecule has 0 aromatic carbocycles. The SMILES string of the molecule is CC1=NOSN1CCCC[C@H](N)C(=O)O. The van der Waals surface area contributed by atoms with Crippen molar-refractivity contribution in [3.63, 3.8) is 0 Å². The Labute approximate surface area is 92.8 Å². The molecule has 1 atom stereocenters. The number of amidine groups is 1. The van der Waals surface area contributed by atoms with Crippen molar-refractivity contribution in [1.82, 2.24) is 4.31 Å². The van der Waals surface area contributed by atoms with Crippen LogP contribution in [0.4, 0.5) is 0 Å². The third-order valence-corrected chi connectivity index (χ3v) is 2.87. The zero-order valence-corrected chi connectivity index (χ0v) is 9.37. The fourth-order valence-corrected chi connectivity index (χ4v) is 1.72. The fraction of sp³-hybridized carbons (Fsp3) is 0.750. The summed E-state index contributed by atoms with van der Waals surface area (Å²) in [6, 6.07) is -0.748. The Morgan fingerprint density at radius 2 is 2.47 bits per heavy atom. The highest BCUT2D eigenvalue weighted by Crippen LogP contribution is 2.20. The second-order valence-electron chi connectivity index (χ2n) is 3.33. The van der Waals surface area contributed by atoms with E-state index in [2.05, 4.69) is 5.16 Å². The van der Waals surface area contributed by atoms with Gasteiger partial charge in [-0.2, -0.15) is 0 Å². The molecular formula is C8H15N3O3S. The summed E-state index contributed by atoms with van der Waals surface area (Å²) in [7, 11) is 0. The first kappa shape index (κ1) is 12.1. The number of unbranched alkanes of at least 4 members (excludes halogenated alkanes) is 1. The minimum Gasteiger partial charge on any atom is -0.480 e. The summed E-state index contributed by atoms with van der Waals surface area (Å²) in [6.45, 7) is 2.66. The summed E-state index contributed by atoms with van der Waals surface area (Å²) in [4.78, 5) is 10.4. The van der Waals surface area contributed by atoms with E-state index in [1.807, 2.05) is 11.2 Å². The molecule has 1 aliphatic rings. The van der Waals surface area contributed by atoms with Gasteiger partial charge in [0.25, 0.3) is 0 Å². The highest BCUT2D eigenvalue weighted by molar-refractivity contribution is 7.93. The van der Waals surface area contributed by atoms with Crippen molar-refractivity contribution in [2.24, 2.45) is 10.9 Å². The fourth-order valence-electron chi connectivity index (χ4n) is 1.15. The maximum absolute atomic E-state index is 10.4. The topological polar surface area (TPSA) is 88.1 Å². The van der Waals surface area contributed by atoms with Crippen LogP contribution in [0.5, 0.6) is 0 Å². The summed E-state index contributed by atoms with van der Waals surface area (Å²) in [5.74, 6) is -0.103. The minimum absolute atomic E-state index is 0.505. The van der Waals surface area contributed by atoms with Gasteiger partial charge in [-0.3, -0.25) is 13.4 Å². The molecule has 0 radical (unpaired) electrons. The van der Waals surface area contributed by atoms with E-state index >= 15 is 0 Å². The highest BCUT2D eigenvalue weighted by atomic mass is 32.2. The van der Waals surface area contributed by atoms with Gasteiger partial charge in [0.05, 0.1) is 0 Å². The van der Waals surface area contributed by atoms with Crippen LogP contribution >= 0.6 is 12.2 Å². The smallest absolute Gasteiger partial charge is 0.320 e. The number of nitrogens with two attached hydrogens (primary N) is 1. The number of aliphatic carboxylic acids is 1. The van der Waals surface area contributed by atoms with E-state index in [9.17, 15) is 4.79 Å². The van der Waals surface area contributed by atoms with Gasteiger partial charge in [-0.25, -0.2) is 0 Å². The first-order valence-corrected chi connectivity index (χ1v) is 5.45. The number of carboxylic acid groups (broad SMARTS) is 1. The molecular weight excluding hydrogens is 218 g/mol. The summed E-state index contributed by atoms with van der Waals surface area (Å²) >= 11 is 1.20. The molecule has 6 nitrogen and oxygen atoms in total. The maximum Gasteiger partial charge on any atom is 0.320 e. The highest BCUT2D eigenvalue weighted by Gasteiger charge is 2.16. The molecule has 86 valence electrons. The van der Waals surface area contributed by atoms with Gasteiger partial charge in [-0.1, -0.05) is 5.16 Å². The second-order valence-corrected chi connectivity index (χ2v) is 4.07. The lowest BCUT2D eigenvalue weighted by Crippen LogP contribution is -2.30. The van der Waals surface area contributed by atoms with E-state index < -0.39 is 12.0 Å². The third-order valence-electron chi connectivity index (χ3n) is 2.10. The van der Waals surface area contributed by atoms with E-state index in [0.717, 1.165) is 25.2 Å². The molecule has 1 heterocycles. The molecule has 0 saturated heterocycles. The summed E-state index contributed by atoms with van der Waals surface area (Å²) in [5, 5.41) is 12.3. The van der Waals surface area contributed by atoms with Crippen LogP contribution in [0, 0.1) is 0 Å². The van der Waals surface area contributed by atoms with Crippen molar-refractivity contribution < 1.29 is 14.2 Å². The lowest BCUT2D eigenvalue weighted by Gasteiger charge is -2.12. The Morgan fingerprint density at radius 1 is 1.73 bits per heavy atom. The number of carbonyl (C=O) groups is 1. The third kappa shape index (κ3) is 3.96. The summed E-state index contributed by atoms with van der Waals surface area (Å²) in [5.41, 5.74) is 5.37. The van der Waals surface area contributed by atoms with E-state index in [-0.39, 0.29) is 0 Å². The van der Waals surface area contributed by atoms with Crippen LogP contribution in [0.25, 0.3) is 0 Å². The average Bonchev–Trinajstić information content (AvgIpc) is 2.58. The van der Waals surface area contributed by atoms with Crippen LogP contribution in [-0.2, 0) is 9.08 Å². The molecule has 0 spiro atoms. The van der Waals surface area contributed by atoms with Gasteiger partial charge >= 0.3 is 5.97 Å². The molecule has 3 N–H and O–H groups in total. The van der Waals surface area contributed by atoms with Crippen molar-refractivity contribution in [3.05, 3.63) is 0 Å². The Kier molecular flexibility index (Phi) is 4.70. The predicted octanol–water partition coefficient (Wildman–Crippen LogP) is 0.797. The van der Waals surface area contributed by atoms with Crippen LogP contribution in [0.1, 0.15) is 26.2 Å². The number of carboxylic acids is 1. The lowest BCUT2D eigenvalue weighted by molar-refractivity contribution is -0.138. The largest absolute Gasteiger partial charge is 0.480 e. The van der Waals surface area contributed by atoms with Gasteiger partial charge in [0.15, 0.2) is 5.84 Å². The van der Waals surface area contributed by atoms with Crippen molar-refractivity contribution >= 4 is 24.0 Å². The molecule has 0 aliphatic carbocycles. The molecule has 1 rings (SSSR count). The lowest BCUT2D eigenvalue weighted by atomic mass is 10.1. The predicted molar refractivity (Wildman–Crippen MR) is 58.0 cm³/mol. The average molecular weight is 233 g/mol. The maximum atomic E-state index is 10.4. The molecule has 0 saturated carbocycles. The van der Waals surface area contributed by atoms with Gasteiger partial charge < -0.3 is 10.8 Å². The van der Waals surface area contributed by atoms with Crippen LogP contribution in [0.2, 0.25) is 0 Å². The van der Waals surface area contributed by atoms with E-state index in [1.165, 1.54) is 12.2 Å². The molecule has 0 aromatic heterocycles. The van der Waals surface area contributed by atoms with Gasteiger partial charge in [-0.05, 0) is 26.2 Å². The van der Waals surface area contributed by atoms with Crippen molar-refractivity contribution in [2.75, 3.05) is 6.54 Å². The number of oxime groups is 1. The van der Waals surface area contributed by atoms with Crippen LogP contribution in [0.15, 0.2) is 5.16 Å². The molecule has 0 bridgehead atoms. The number of hydrogen-bond donors (Lipinski definition) is 2. The molecule has 0 aromatic rings. The Bertz CT molecular complexity index is 260. The molecule has 15 heavy (non-hydrogen) atoms. The van der Waals surface area contributed by atoms with E-state index in [4.69, 9.17) is 15.1 Å². The van der Waals surface area contributed by atoms with Crippen molar-refractivity contribution in [3.8, 4) is 0 Å². The van der Waals surface area contributed by atoms with Gasteiger partial charge in [0.1, 0.15) is 6.04 Å². The van der Waals surface area contributed by atoms with Crippen LogP contribution in [0.3, 0.4) is 0 Å². The second kappa shape index (κ2) is 5.82. The molecule has 0 fully saturated rings. The Balaban J connectivity index is 2.07. The van der Waals surface area contributed by atoms with E-state index in [1.54, 1.807) is 0 Å². The molecule has 1 aliphatic heterocycles. The van der Waals surface area contributed by atoms with Crippen LogP contribution in [-0.4, -0.2) is 33.8 Å².